The molecule has 1 aromatic heterocycles. The molecule has 1 heterocycles. The molecule has 0 radical (unpaired) electrons. The molecular weight excluding hydrogens is 203 g/mol. The molecule has 1 aromatic carbocycles. The molecule has 0 amide bonds. The van der Waals surface area contributed by atoms with E-state index in [0.29, 0.717) is 17.8 Å². The number of aromatic nitrogens is 1. The van der Waals surface area contributed by atoms with Crippen molar-refractivity contribution < 1.29 is 4.39 Å². The monoisotopic (exact) mass is 218 g/mol. The van der Waals surface area contributed by atoms with Gasteiger partial charge in [0.15, 0.2) is 0 Å². The maximum atomic E-state index is 13.5. The molecule has 2 nitrogen and oxygen atoms in total. The fourth-order valence-electron chi connectivity index (χ4n) is 1.85. The van der Waals surface area contributed by atoms with Crippen LogP contribution in [0.25, 0.3) is 10.8 Å². The molecule has 2 rings (SSSR count). The summed E-state index contributed by atoms with van der Waals surface area (Å²) in [6.45, 7) is 2.74. The molecule has 0 saturated carbocycles. The quantitative estimate of drug-likeness (QED) is 0.859. The molecule has 1 atom stereocenters. The molecule has 0 aliphatic heterocycles. The zero-order chi connectivity index (χ0) is 11.5. The van der Waals surface area contributed by atoms with E-state index in [4.69, 9.17) is 5.73 Å². The van der Waals surface area contributed by atoms with Gasteiger partial charge in [-0.15, -0.1) is 0 Å². The summed E-state index contributed by atoms with van der Waals surface area (Å²) in [4.78, 5) is 3.95. The Bertz CT molecular complexity index is 496. The number of hydrogen-bond donors (Lipinski definition) is 1. The van der Waals surface area contributed by atoms with Gasteiger partial charge in [0.2, 0.25) is 0 Å². The Morgan fingerprint density at radius 1 is 1.31 bits per heavy atom. The van der Waals surface area contributed by atoms with E-state index in [-0.39, 0.29) is 5.82 Å². The van der Waals surface area contributed by atoms with Crippen LogP contribution in [0.4, 0.5) is 4.39 Å². The molecule has 0 spiro atoms. The summed E-state index contributed by atoms with van der Waals surface area (Å²) >= 11 is 0. The molecule has 0 bridgehead atoms. The highest BCUT2D eigenvalue weighted by molar-refractivity contribution is 5.85. The Morgan fingerprint density at radius 2 is 2.12 bits per heavy atom. The second kappa shape index (κ2) is 4.58. The molecule has 2 N–H and O–H groups in total. The number of nitrogens with zero attached hydrogens (tertiary/aromatic N) is 1. The van der Waals surface area contributed by atoms with Crippen LogP contribution < -0.4 is 5.73 Å². The first-order chi connectivity index (χ1) is 7.72. The topological polar surface area (TPSA) is 38.9 Å². The first-order valence-corrected chi connectivity index (χ1v) is 5.43. The van der Waals surface area contributed by atoms with Crippen LogP contribution in [0.2, 0.25) is 0 Å². The largest absolute Gasteiger partial charge is 0.330 e. The van der Waals surface area contributed by atoms with Gasteiger partial charge in [-0.2, -0.15) is 0 Å². The van der Waals surface area contributed by atoms with Crippen molar-refractivity contribution in [1.82, 2.24) is 4.98 Å². The minimum absolute atomic E-state index is 0.216. The second-order valence-corrected chi connectivity index (χ2v) is 4.17. The predicted molar refractivity (Wildman–Crippen MR) is 63.6 cm³/mol. The summed E-state index contributed by atoms with van der Waals surface area (Å²) in [6.07, 6.45) is 4.14. The standard InChI is InChI=1S/C13H15FN2/c1-9(7-15)6-10-2-3-13(14)12-8-16-5-4-11(10)12/h2-5,8-9H,6-7,15H2,1H3. The average Bonchev–Trinajstić information content (AvgIpc) is 2.33. The number of fused-ring (bicyclic) bond motifs is 1. The smallest absolute Gasteiger partial charge is 0.132 e. The number of rotatable bonds is 3. The first-order valence-electron chi connectivity index (χ1n) is 5.43. The van der Waals surface area contributed by atoms with E-state index in [1.807, 2.05) is 12.1 Å². The Hall–Kier alpha value is -1.48. The molecule has 0 aliphatic carbocycles. The van der Waals surface area contributed by atoms with Gasteiger partial charge in [0.1, 0.15) is 5.82 Å². The summed E-state index contributed by atoms with van der Waals surface area (Å²) in [7, 11) is 0. The van der Waals surface area contributed by atoms with Crippen LogP contribution in [0.15, 0.2) is 30.6 Å². The van der Waals surface area contributed by atoms with E-state index in [1.54, 1.807) is 12.4 Å². The maximum Gasteiger partial charge on any atom is 0.132 e. The Morgan fingerprint density at radius 3 is 2.88 bits per heavy atom. The van der Waals surface area contributed by atoms with Crippen molar-refractivity contribution in [2.75, 3.05) is 6.54 Å². The van der Waals surface area contributed by atoms with Crippen LogP contribution in [0, 0.1) is 11.7 Å². The molecule has 3 heteroatoms. The van der Waals surface area contributed by atoms with E-state index in [0.717, 1.165) is 17.4 Å². The summed E-state index contributed by atoms with van der Waals surface area (Å²) in [5, 5.41) is 1.53. The van der Waals surface area contributed by atoms with Gasteiger partial charge < -0.3 is 5.73 Å². The summed E-state index contributed by atoms with van der Waals surface area (Å²) < 4.78 is 13.5. The summed E-state index contributed by atoms with van der Waals surface area (Å²) in [5.41, 5.74) is 6.74. The van der Waals surface area contributed by atoms with Crippen molar-refractivity contribution >= 4 is 10.8 Å². The van der Waals surface area contributed by atoms with Gasteiger partial charge in [-0.25, -0.2) is 4.39 Å². The van der Waals surface area contributed by atoms with Crippen LogP contribution in [-0.2, 0) is 6.42 Å². The van der Waals surface area contributed by atoms with E-state index >= 15 is 0 Å². The third kappa shape index (κ3) is 2.04. The lowest BCUT2D eigenvalue weighted by atomic mass is 9.97. The Labute approximate surface area is 94.3 Å². The lowest BCUT2D eigenvalue weighted by Gasteiger charge is -2.11. The molecule has 0 saturated heterocycles. The van der Waals surface area contributed by atoms with Crippen LogP contribution in [0.1, 0.15) is 12.5 Å². The fraction of sp³-hybridized carbons (Fsp3) is 0.308. The van der Waals surface area contributed by atoms with Crippen molar-refractivity contribution in [3.8, 4) is 0 Å². The first kappa shape index (κ1) is 11.0. The number of hydrogen-bond acceptors (Lipinski definition) is 2. The van der Waals surface area contributed by atoms with Crippen LogP contribution in [-0.4, -0.2) is 11.5 Å². The highest BCUT2D eigenvalue weighted by atomic mass is 19.1. The zero-order valence-electron chi connectivity index (χ0n) is 9.28. The van der Waals surface area contributed by atoms with Gasteiger partial charge in [-0.1, -0.05) is 13.0 Å². The number of pyridine rings is 1. The zero-order valence-corrected chi connectivity index (χ0v) is 9.28. The molecule has 1 unspecified atom stereocenters. The van der Waals surface area contributed by atoms with Gasteiger partial charge in [-0.3, -0.25) is 4.98 Å². The second-order valence-electron chi connectivity index (χ2n) is 4.17. The average molecular weight is 218 g/mol. The molecule has 16 heavy (non-hydrogen) atoms. The van der Waals surface area contributed by atoms with Crippen molar-refractivity contribution in [1.29, 1.82) is 0 Å². The van der Waals surface area contributed by atoms with E-state index < -0.39 is 0 Å². The molecule has 84 valence electrons. The highest BCUT2D eigenvalue weighted by Crippen LogP contribution is 2.22. The lowest BCUT2D eigenvalue weighted by Crippen LogP contribution is -2.13. The summed E-state index contributed by atoms with van der Waals surface area (Å²) in [5.74, 6) is 0.189. The van der Waals surface area contributed by atoms with Gasteiger partial charge in [0, 0.05) is 17.8 Å². The van der Waals surface area contributed by atoms with Gasteiger partial charge >= 0.3 is 0 Å². The van der Waals surface area contributed by atoms with Crippen molar-refractivity contribution in [3.05, 3.63) is 42.0 Å². The highest BCUT2D eigenvalue weighted by Gasteiger charge is 2.08. The van der Waals surface area contributed by atoms with E-state index in [2.05, 4.69) is 11.9 Å². The van der Waals surface area contributed by atoms with Gasteiger partial charge in [-0.05, 0) is 42.0 Å². The predicted octanol–water partition coefficient (Wildman–Crippen LogP) is 2.51. The number of benzene rings is 1. The third-order valence-corrected chi connectivity index (χ3v) is 2.83. The SMILES string of the molecule is CC(CN)Cc1ccc(F)c2cnccc12. The third-order valence-electron chi connectivity index (χ3n) is 2.83. The Balaban J connectivity index is 2.50. The lowest BCUT2D eigenvalue weighted by molar-refractivity contribution is 0.593. The normalized spacial score (nSPS) is 12.9. The van der Waals surface area contributed by atoms with Crippen LogP contribution in [0.5, 0.6) is 0 Å². The van der Waals surface area contributed by atoms with Crippen LogP contribution in [0.3, 0.4) is 0 Å². The van der Waals surface area contributed by atoms with Crippen molar-refractivity contribution in [3.63, 3.8) is 0 Å². The minimum atomic E-state index is -0.216. The van der Waals surface area contributed by atoms with Crippen molar-refractivity contribution in [2.24, 2.45) is 11.7 Å². The molecule has 0 fully saturated rings. The van der Waals surface area contributed by atoms with Gasteiger partial charge in [0.25, 0.3) is 0 Å². The molecule has 0 aliphatic rings. The molecule has 2 aromatic rings. The van der Waals surface area contributed by atoms with E-state index in [1.165, 1.54) is 6.07 Å². The number of nitrogens with two attached hydrogens (primary N) is 1. The van der Waals surface area contributed by atoms with Crippen LogP contribution >= 0.6 is 0 Å². The van der Waals surface area contributed by atoms with Gasteiger partial charge in [0.05, 0.1) is 0 Å². The van der Waals surface area contributed by atoms with E-state index in [9.17, 15) is 4.39 Å². The van der Waals surface area contributed by atoms with Crippen molar-refractivity contribution in [2.45, 2.75) is 13.3 Å². The number of halogens is 1. The Kier molecular flexibility index (Phi) is 3.15. The maximum absolute atomic E-state index is 13.5. The fourth-order valence-corrected chi connectivity index (χ4v) is 1.85. The minimum Gasteiger partial charge on any atom is -0.330 e. The summed E-state index contributed by atoms with van der Waals surface area (Å²) in [6, 6.07) is 5.20. The molecular formula is C13H15FN2.